The van der Waals surface area contributed by atoms with Crippen molar-refractivity contribution in [3.63, 3.8) is 0 Å². The summed E-state index contributed by atoms with van der Waals surface area (Å²) < 4.78 is 5.67. The Labute approximate surface area is 159 Å². The molecule has 0 unspecified atom stereocenters. The van der Waals surface area contributed by atoms with Crippen molar-refractivity contribution in [2.75, 3.05) is 31.1 Å². The van der Waals surface area contributed by atoms with Gasteiger partial charge >= 0.3 is 6.01 Å². The first kappa shape index (κ1) is 19.1. The first-order valence-electron chi connectivity index (χ1n) is 9.40. The van der Waals surface area contributed by atoms with Crippen molar-refractivity contribution < 1.29 is 14.0 Å². The Morgan fingerprint density at radius 2 is 1.70 bits per heavy atom. The van der Waals surface area contributed by atoms with E-state index in [2.05, 4.69) is 10.2 Å². The number of carbonyl (C=O) groups excluding carboxylic acids is 2. The molecule has 7 nitrogen and oxygen atoms in total. The van der Waals surface area contributed by atoms with Gasteiger partial charge in [-0.1, -0.05) is 48.8 Å². The molecule has 3 rings (SSSR count). The molecule has 1 aromatic heterocycles. The Hall–Kier alpha value is -2.70. The van der Waals surface area contributed by atoms with Crippen LogP contribution < -0.4 is 4.90 Å². The van der Waals surface area contributed by atoms with E-state index in [0.29, 0.717) is 43.6 Å². The minimum atomic E-state index is 0.00839. The van der Waals surface area contributed by atoms with Gasteiger partial charge in [-0.3, -0.25) is 9.59 Å². The molecule has 7 heteroatoms. The highest BCUT2D eigenvalue weighted by atomic mass is 16.4. The van der Waals surface area contributed by atoms with E-state index < -0.39 is 0 Å². The Balaban J connectivity index is 1.46. The Morgan fingerprint density at radius 3 is 2.30 bits per heavy atom. The molecule has 1 amide bonds. The highest BCUT2D eigenvalue weighted by molar-refractivity contribution is 5.98. The van der Waals surface area contributed by atoms with Gasteiger partial charge in [-0.15, -0.1) is 5.10 Å². The quantitative estimate of drug-likeness (QED) is 0.728. The zero-order valence-electron chi connectivity index (χ0n) is 16.1. The fraction of sp³-hybridized carbons (Fsp3) is 0.500. The number of anilines is 1. The lowest BCUT2D eigenvalue weighted by Gasteiger charge is -2.33. The minimum absolute atomic E-state index is 0.00839. The lowest BCUT2D eigenvalue weighted by Crippen LogP contribution is -2.49. The van der Waals surface area contributed by atoms with Crippen LogP contribution in [0.1, 0.15) is 54.4 Å². The smallest absolute Gasteiger partial charge is 0.318 e. The zero-order chi connectivity index (χ0) is 19.4. The molecule has 0 saturated carbocycles. The number of rotatable bonds is 6. The predicted octanol–water partition coefficient (Wildman–Crippen LogP) is 2.81. The molecule has 1 saturated heterocycles. The maximum atomic E-state index is 12.4. The summed E-state index contributed by atoms with van der Waals surface area (Å²) in [5.41, 5.74) is 1.78. The van der Waals surface area contributed by atoms with Crippen LogP contribution in [-0.2, 0) is 4.79 Å². The monoisotopic (exact) mass is 370 g/mol. The third kappa shape index (κ3) is 4.72. The van der Waals surface area contributed by atoms with Crippen LogP contribution in [0.2, 0.25) is 0 Å². The van der Waals surface area contributed by atoms with E-state index in [-0.39, 0.29) is 30.4 Å². The number of amides is 1. The highest BCUT2D eigenvalue weighted by Crippen LogP contribution is 2.20. The number of benzene rings is 1. The van der Waals surface area contributed by atoms with Gasteiger partial charge in [0.15, 0.2) is 5.78 Å². The molecule has 1 fully saturated rings. The summed E-state index contributed by atoms with van der Waals surface area (Å²) in [5.74, 6) is 0.843. The van der Waals surface area contributed by atoms with Crippen LogP contribution in [0.25, 0.3) is 0 Å². The van der Waals surface area contributed by atoms with Crippen LogP contribution in [-0.4, -0.2) is 53.0 Å². The number of aromatic nitrogens is 2. The van der Waals surface area contributed by atoms with Crippen molar-refractivity contribution in [1.29, 1.82) is 0 Å². The minimum Gasteiger partial charge on any atom is -0.408 e. The molecule has 2 heterocycles. The topological polar surface area (TPSA) is 79.5 Å². The summed E-state index contributed by atoms with van der Waals surface area (Å²) in [6.45, 7) is 8.48. The molecular weight excluding hydrogens is 344 g/mol. The molecule has 2 aromatic rings. The van der Waals surface area contributed by atoms with Crippen LogP contribution in [0.3, 0.4) is 0 Å². The second-order valence-electron chi connectivity index (χ2n) is 7.23. The van der Waals surface area contributed by atoms with Crippen LogP contribution in [0.4, 0.5) is 6.01 Å². The van der Waals surface area contributed by atoms with Gasteiger partial charge in [-0.2, -0.15) is 0 Å². The second-order valence-corrected chi connectivity index (χ2v) is 7.23. The highest BCUT2D eigenvalue weighted by Gasteiger charge is 2.25. The molecule has 27 heavy (non-hydrogen) atoms. The van der Waals surface area contributed by atoms with Crippen LogP contribution in [0, 0.1) is 6.92 Å². The van der Waals surface area contributed by atoms with E-state index in [1.165, 1.54) is 0 Å². The molecule has 144 valence electrons. The standard InChI is InChI=1S/C20H26N4O3/c1-14(2)19-21-22-20(27-19)24-12-10-23(11-13-24)18(26)9-8-17(25)16-6-4-15(3)5-7-16/h4-7,14H,8-13H2,1-3H3. The summed E-state index contributed by atoms with van der Waals surface area (Å²) in [4.78, 5) is 28.5. The number of piperazine rings is 1. The molecule has 0 aliphatic carbocycles. The molecule has 0 spiro atoms. The number of Topliss-reactive ketones (excluding diaryl/α,β-unsaturated/α-hetero) is 1. The normalized spacial score (nSPS) is 14.7. The average molecular weight is 370 g/mol. The maximum absolute atomic E-state index is 12.4. The number of aryl methyl sites for hydroxylation is 1. The number of ketones is 1. The van der Waals surface area contributed by atoms with Crippen molar-refractivity contribution in [1.82, 2.24) is 15.1 Å². The Morgan fingerprint density at radius 1 is 1.04 bits per heavy atom. The fourth-order valence-corrected chi connectivity index (χ4v) is 3.00. The van der Waals surface area contributed by atoms with Crippen molar-refractivity contribution in [2.24, 2.45) is 0 Å². The molecular formula is C20H26N4O3. The van der Waals surface area contributed by atoms with Gasteiger partial charge in [0.1, 0.15) is 0 Å². The lowest BCUT2D eigenvalue weighted by molar-refractivity contribution is -0.131. The second kappa shape index (κ2) is 8.33. The first-order valence-corrected chi connectivity index (χ1v) is 9.40. The third-order valence-electron chi connectivity index (χ3n) is 4.77. The summed E-state index contributed by atoms with van der Waals surface area (Å²) >= 11 is 0. The average Bonchev–Trinajstić information content (AvgIpc) is 3.17. The summed E-state index contributed by atoms with van der Waals surface area (Å²) in [6.07, 6.45) is 0.480. The van der Waals surface area contributed by atoms with E-state index in [1.807, 2.05) is 49.9 Å². The van der Waals surface area contributed by atoms with Gasteiger partial charge in [0, 0.05) is 50.5 Å². The van der Waals surface area contributed by atoms with Gasteiger partial charge in [0.25, 0.3) is 0 Å². The van der Waals surface area contributed by atoms with Crippen LogP contribution >= 0.6 is 0 Å². The van der Waals surface area contributed by atoms with E-state index in [1.54, 1.807) is 4.90 Å². The molecule has 1 aliphatic heterocycles. The molecule has 1 aromatic carbocycles. The number of carbonyl (C=O) groups is 2. The van der Waals surface area contributed by atoms with Crippen LogP contribution in [0.15, 0.2) is 28.7 Å². The molecule has 0 N–H and O–H groups in total. The largest absolute Gasteiger partial charge is 0.408 e. The molecule has 1 aliphatic rings. The number of nitrogens with zero attached hydrogens (tertiary/aromatic N) is 4. The summed E-state index contributed by atoms with van der Waals surface area (Å²) in [5, 5.41) is 8.14. The van der Waals surface area contributed by atoms with Crippen LogP contribution in [0.5, 0.6) is 0 Å². The first-order chi connectivity index (χ1) is 12.9. The van der Waals surface area contributed by atoms with Gasteiger partial charge in [-0.05, 0) is 6.92 Å². The van der Waals surface area contributed by atoms with Crippen molar-refractivity contribution in [3.05, 3.63) is 41.3 Å². The van der Waals surface area contributed by atoms with Gasteiger partial charge in [0.2, 0.25) is 11.8 Å². The van der Waals surface area contributed by atoms with E-state index >= 15 is 0 Å². The van der Waals surface area contributed by atoms with Gasteiger partial charge in [-0.25, -0.2) is 0 Å². The van der Waals surface area contributed by atoms with Crippen molar-refractivity contribution in [2.45, 2.75) is 39.5 Å². The van der Waals surface area contributed by atoms with Gasteiger partial charge in [0.05, 0.1) is 0 Å². The SMILES string of the molecule is Cc1ccc(C(=O)CCC(=O)N2CCN(c3nnc(C(C)C)o3)CC2)cc1. The number of hydrogen-bond acceptors (Lipinski definition) is 6. The summed E-state index contributed by atoms with van der Waals surface area (Å²) in [6, 6.07) is 7.97. The predicted molar refractivity (Wildman–Crippen MR) is 102 cm³/mol. The Bertz CT molecular complexity index is 790. The zero-order valence-corrected chi connectivity index (χ0v) is 16.1. The Kier molecular flexibility index (Phi) is 5.88. The van der Waals surface area contributed by atoms with E-state index in [9.17, 15) is 9.59 Å². The third-order valence-corrected chi connectivity index (χ3v) is 4.77. The molecule has 0 atom stereocenters. The number of hydrogen-bond donors (Lipinski definition) is 0. The lowest BCUT2D eigenvalue weighted by atomic mass is 10.0. The molecule has 0 radical (unpaired) electrons. The van der Waals surface area contributed by atoms with E-state index in [4.69, 9.17) is 4.42 Å². The maximum Gasteiger partial charge on any atom is 0.318 e. The molecule has 0 bridgehead atoms. The fourth-order valence-electron chi connectivity index (χ4n) is 3.00. The van der Waals surface area contributed by atoms with Crippen molar-refractivity contribution >= 4 is 17.7 Å². The van der Waals surface area contributed by atoms with E-state index in [0.717, 1.165) is 5.56 Å². The summed E-state index contributed by atoms with van der Waals surface area (Å²) in [7, 11) is 0. The van der Waals surface area contributed by atoms with Crippen molar-refractivity contribution in [3.8, 4) is 0 Å². The van der Waals surface area contributed by atoms with Gasteiger partial charge < -0.3 is 14.2 Å².